The summed E-state index contributed by atoms with van der Waals surface area (Å²) in [6.45, 7) is 0.344. The largest absolute Gasteiger partial charge is 0.496 e. The summed E-state index contributed by atoms with van der Waals surface area (Å²) in [6, 6.07) is 9.63. The second kappa shape index (κ2) is 8.79. The zero-order valence-electron chi connectivity index (χ0n) is 13.6. The van der Waals surface area contributed by atoms with Crippen LogP contribution in [0, 0.1) is 0 Å². The van der Waals surface area contributed by atoms with E-state index in [4.69, 9.17) is 9.47 Å². The van der Waals surface area contributed by atoms with Crippen LogP contribution in [0.3, 0.4) is 0 Å². The molecule has 26 heavy (non-hydrogen) atoms. The lowest BCUT2D eigenvalue weighted by molar-refractivity contribution is 0.293. The Bertz CT molecular complexity index is 907. The molecular weight excluding hydrogens is 532 g/mol. The molecule has 6 nitrogen and oxygen atoms in total. The molecule has 0 saturated carbocycles. The van der Waals surface area contributed by atoms with Crippen LogP contribution in [-0.2, 0) is 6.61 Å². The van der Waals surface area contributed by atoms with E-state index in [-0.39, 0.29) is 0 Å². The van der Waals surface area contributed by atoms with E-state index in [1.165, 1.54) is 17.3 Å². The summed E-state index contributed by atoms with van der Waals surface area (Å²) in [5, 5.41) is 11.7. The molecule has 0 unspecified atom stereocenters. The van der Waals surface area contributed by atoms with E-state index >= 15 is 0 Å². The van der Waals surface area contributed by atoms with Crippen molar-refractivity contribution in [2.45, 2.75) is 6.61 Å². The molecule has 1 heterocycles. The van der Waals surface area contributed by atoms with E-state index in [1.54, 1.807) is 13.3 Å². The van der Waals surface area contributed by atoms with E-state index in [1.807, 2.05) is 30.3 Å². The standard InChI is InChI=1S/C17H13Br3N4O2/c1-25-16-3-2-11(7-23-24-9-21-22-10-24)4-12(16)8-26-17-14(19)5-13(18)6-15(17)20/h2-7,9-10H,8H2,1H3. The molecule has 0 aliphatic heterocycles. The molecule has 0 N–H and O–H groups in total. The Balaban J connectivity index is 1.81. The summed E-state index contributed by atoms with van der Waals surface area (Å²) in [5.41, 5.74) is 1.81. The van der Waals surface area contributed by atoms with Crippen LogP contribution in [0.25, 0.3) is 0 Å². The number of hydrogen-bond donors (Lipinski definition) is 0. The van der Waals surface area contributed by atoms with Gasteiger partial charge in [-0.05, 0) is 67.8 Å². The first-order valence-corrected chi connectivity index (χ1v) is 9.78. The van der Waals surface area contributed by atoms with E-state index in [2.05, 4.69) is 63.1 Å². The smallest absolute Gasteiger partial charge is 0.148 e. The van der Waals surface area contributed by atoms with Crippen LogP contribution in [0.4, 0.5) is 0 Å². The van der Waals surface area contributed by atoms with Gasteiger partial charge >= 0.3 is 0 Å². The summed E-state index contributed by atoms with van der Waals surface area (Å²) in [7, 11) is 1.63. The van der Waals surface area contributed by atoms with Crippen LogP contribution < -0.4 is 9.47 Å². The summed E-state index contributed by atoms with van der Waals surface area (Å²) in [5.74, 6) is 1.47. The third-order valence-electron chi connectivity index (χ3n) is 3.39. The van der Waals surface area contributed by atoms with Gasteiger partial charge in [-0.25, -0.2) is 4.68 Å². The van der Waals surface area contributed by atoms with Gasteiger partial charge in [-0.15, -0.1) is 10.2 Å². The monoisotopic (exact) mass is 542 g/mol. The lowest BCUT2D eigenvalue weighted by Gasteiger charge is -2.13. The number of rotatable bonds is 6. The van der Waals surface area contributed by atoms with E-state index in [0.717, 1.165) is 36.0 Å². The number of hydrogen-bond acceptors (Lipinski definition) is 5. The minimum atomic E-state index is 0.344. The van der Waals surface area contributed by atoms with Crippen molar-refractivity contribution in [1.29, 1.82) is 0 Å². The van der Waals surface area contributed by atoms with Crippen LogP contribution in [0.2, 0.25) is 0 Å². The Morgan fingerprint density at radius 1 is 1.08 bits per heavy atom. The molecule has 0 fully saturated rings. The zero-order chi connectivity index (χ0) is 18.5. The van der Waals surface area contributed by atoms with Gasteiger partial charge in [-0.2, -0.15) is 5.10 Å². The van der Waals surface area contributed by atoms with Crippen LogP contribution in [0.1, 0.15) is 11.1 Å². The van der Waals surface area contributed by atoms with Crippen molar-refractivity contribution < 1.29 is 9.47 Å². The Morgan fingerprint density at radius 3 is 2.42 bits per heavy atom. The number of benzene rings is 2. The summed E-state index contributed by atoms with van der Waals surface area (Å²) >= 11 is 10.5. The molecule has 0 spiro atoms. The number of nitrogens with zero attached hydrogens (tertiary/aromatic N) is 4. The highest BCUT2D eigenvalue weighted by Crippen LogP contribution is 2.37. The minimum absolute atomic E-state index is 0.344. The van der Waals surface area contributed by atoms with E-state index in [0.29, 0.717) is 6.61 Å². The maximum absolute atomic E-state index is 5.99. The zero-order valence-corrected chi connectivity index (χ0v) is 18.3. The lowest BCUT2D eigenvalue weighted by atomic mass is 10.1. The second-order valence-electron chi connectivity index (χ2n) is 5.14. The number of ether oxygens (including phenoxy) is 2. The SMILES string of the molecule is COc1ccc(C=Nn2cnnc2)cc1COc1c(Br)cc(Br)cc1Br. The van der Waals surface area contributed by atoms with Crippen molar-refractivity contribution in [3.05, 3.63) is 67.5 Å². The van der Waals surface area contributed by atoms with Crippen molar-refractivity contribution >= 4 is 54.0 Å². The molecule has 3 rings (SSSR count). The average Bonchev–Trinajstić information content (AvgIpc) is 3.12. The first-order chi connectivity index (χ1) is 12.6. The number of methoxy groups -OCH3 is 1. The van der Waals surface area contributed by atoms with Crippen LogP contribution in [0.15, 0.2) is 61.5 Å². The first-order valence-electron chi connectivity index (χ1n) is 7.40. The van der Waals surface area contributed by atoms with Crippen molar-refractivity contribution in [3.8, 4) is 11.5 Å². The van der Waals surface area contributed by atoms with Gasteiger partial charge in [0.05, 0.1) is 22.3 Å². The van der Waals surface area contributed by atoms with Crippen molar-refractivity contribution in [1.82, 2.24) is 14.9 Å². The van der Waals surface area contributed by atoms with Crippen molar-refractivity contribution in [3.63, 3.8) is 0 Å². The van der Waals surface area contributed by atoms with Gasteiger partial charge in [-0.3, -0.25) is 0 Å². The molecule has 2 aromatic carbocycles. The fraction of sp³-hybridized carbons (Fsp3) is 0.118. The molecule has 9 heteroatoms. The summed E-state index contributed by atoms with van der Waals surface area (Å²) < 4.78 is 15.6. The highest BCUT2D eigenvalue weighted by molar-refractivity contribution is 9.11. The first kappa shape index (κ1) is 19.1. The molecule has 0 atom stereocenters. The minimum Gasteiger partial charge on any atom is -0.496 e. The van der Waals surface area contributed by atoms with Gasteiger partial charge in [0.2, 0.25) is 0 Å². The molecule has 0 aliphatic carbocycles. The van der Waals surface area contributed by atoms with Gasteiger partial charge in [0.15, 0.2) is 0 Å². The third-order valence-corrected chi connectivity index (χ3v) is 5.02. The van der Waals surface area contributed by atoms with Gasteiger partial charge in [0.1, 0.15) is 30.8 Å². The topological polar surface area (TPSA) is 61.5 Å². The van der Waals surface area contributed by atoms with E-state index < -0.39 is 0 Å². The molecule has 0 bridgehead atoms. The highest BCUT2D eigenvalue weighted by atomic mass is 79.9. The van der Waals surface area contributed by atoms with Crippen LogP contribution in [-0.4, -0.2) is 28.2 Å². The average molecular weight is 545 g/mol. The maximum atomic E-state index is 5.99. The Hall–Kier alpha value is -1.71. The molecule has 0 saturated heterocycles. The number of aromatic nitrogens is 3. The molecule has 0 aliphatic rings. The van der Waals surface area contributed by atoms with Crippen LogP contribution in [0.5, 0.6) is 11.5 Å². The maximum Gasteiger partial charge on any atom is 0.148 e. The van der Waals surface area contributed by atoms with Crippen molar-refractivity contribution in [2.24, 2.45) is 5.10 Å². The number of halogens is 3. The fourth-order valence-electron chi connectivity index (χ4n) is 2.20. The molecule has 0 amide bonds. The Labute approximate surface area is 175 Å². The molecule has 3 aromatic rings. The molecule has 0 radical (unpaired) electrons. The quantitative estimate of drug-likeness (QED) is 0.408. The molecule has 134 valence electrons. The van der Waals surface area contributed by atoms with Crippen molar-refractivity contribution in [2.75, 3.05) is 7.11 Å². The predicted octanol–water partition coefficient (Wildman–Crippen LogP) is 5.04. The van der Waals surface area contributed by atoms with Gasteiger partial charge in [-0.1, -0.05) is 15.9 Å². The normalized spacial score (nSPS) is 11.1. The Kier molecular flexibility index (Phi) is 6.44. The van der Waals surface area contributed by atoms with Gasteiger partial charge in [0, 0.05) is 10.0 Å². The predicted molar refractivity (Wildman–Crippen MR) is 110 cm³/mol. The van der Waals surface area contributed by atoms with E-state index in [9.17, 15) is 0 Å². The summed E-state index contributed by atoms with van der Waals surface area (Å²) in [6.07, 6.45) is 4.76. The van der Waals surface area contributed by atoms with Gasteiger partial charge in [0.25, 0.3) is 0 Å². The third kappa shape index (κ3) is 4.72. The second-order valence-corrected chi connectivity index (χ2v) is 7.77. The molecular formula is C17H13Br3N4O2. The highest BCUT2D eigenvalue weighted by Gasteiger charge is 2.11. The fourth-order valence-corrected chi connectivity index (χ4v) is 4.68. The Morgan fingerprint density at radius 2 is 1.77 bits per heavy atom. The lowest BCUT2D eigenvalue weighted by Crippen LogP contribution is -2.01. The van der Waals surface area contributed by atoms with Gasteiger partial charge < -0.3 is 9.47 Å². The molecule has 1 aromatic heterocycles. The summed E-state index contributed by atoms with van der Waals surface area (Å²) in [4.78, 5) is 0. The van der Waals surface area contributed by atoms with Crippen LogP contribution >= 0.6 is 47.8 Å².